The van der Waals surface area contributed by atoms with Crippen LogP contribution in [0.2, 0.25) is 5.02 Å². The van der Waals surface area contributed by atoms with Crippen molar-refractivity contribution in [1.82, 2.24) is 9.29 Å². The molecule has 0 spiro atoms. The molecular formula is C25H16ClN3O4S2. The first-order valence-corrected chi connectivity index (χ1v) is 12.6. The molecule has 1 aliphatic heterocycles. The van der Waals surface area contributed by atoms with E-state index in [1.165, 1.54) is 18.2 Å². The number of hydrogen-bond acceptors (Lipinski definition) is 5. The van der Waals surface area contributed by atoms with E-state index in [4.69, 9.17) is 23.8 Å². The van der Waals surface area contributed by atoms with Gasteiger partial charge in [-0.3, -0.25) is 19.8 Å². The number of fused-ring (bicyclic) bond motifs is 1. The van der Waals surface area contributed by atoms with Gasteiger partial charge < -0.3 is 0 Å². The summed E-state index contributed by atoms with van der Waals surface area (Å²) in [5, 5.41) is 3.52. The van der Waals surface area contributed by atoms with E-state index in [9.17, 15) is 18.0 Å². The van der Waals surface area contributed by atoms with Crippen LogP contribution in [0.4, 0.5) is 5.69 Å². The summed E-state index contributed by atoms with van der Waals surface area (Å²) in [6.45, 7) is 0. The molecule has 1 aliphatic rings. The van der Waals surface area contributed by atoms with E-state index < -0.39 is 21.8 Å². The van der Waals surface area contributed by atoms with Crippen LogP contribution in [0.15, 0.2) is 95.4 Å². The lowest BCUT2D eigenvalue weighted by Crippen LogP contribution is -2.54. The first-order valence-electron chi connectivity index (χ1n) is 10.4. The van der Waals surface area contributed by atoms with Gasteiger partial charge >= 0.3 is 0 Å². The topological polar surface area (TPSA) is 88.5 Å². The number of rotatable bonds is 4. The number of benzene rings is 3. The predicted octanol–water partition coefficient (Wildman–Crippen LogP) is 4.36. The van der Waals surface area contributed by atoms with Gasteiger partial charge in [0, 0.05) is 10.4 Å². The van der Waals surface area contributed by atoms with E-state index >= 15 is 0 Å². The Morgan fingerprint density at radius 3 is 2.26 bits per heavy atom. The van der Waals surface area contributed by atoms with Crippen molar-refractivity contribution in [2.24, 2.45) is 0 Å². The first kappa shape index (κ1) is 23.0. The predicted molar refractivity (Wildman–Crippen MR) is 139 cm³/mol. The molecule has 0 atom stereocenters. The fourth-order valence-corrected chi connectivity index (χ4v) is 5.78. The summed E-state index contributed by atoms with van der Waals surface area (Å²) in [6.07, 6.45) is 1.27. The Morgan fingerprint density at radius 1 is 0.886 bits per heavy atom. The molecule has 3 aromatic carbocycles. The highest BCUT2D eigenvalue weighted by atomic mass is 35.5. The zero-order chi connectivity index (χ0) is 24.7. The summed E-state index contributed by atoms with van der Waals surface area (Å²) in [4.78, 5) is 27.4. The Hall–Kier alpha value is -3.79. The molecule has 174 valence electrons. The van der Waals surface area contributed by atoms with Gasteiger partial charge in [-0.1, -0.05) is 48.0 Å². The minimum atomic E-state index is -4.04. The molecule has 1 aromatic heterocycles. The Kier molecular flexibility index (Phi) is 5.76. The average molecular weight is 522 g/mol. The Morgan fingerprint density at radius 2 is 1.54 bits per heavy atom. The van der Waals surface area contributed by atoms with Crippen LogP contribution in [0.1, 0.15) is 5.69 Å². The number of nitrogens with one attached hydrogen (secondary N) is 1. The van der Waals surface area contributed by atoms with Crippen LogP contribution < -0.4 is 10.2 Å². The third-order valence-corrected chi connectivity index (χ3v) is 7.75. The third kappa shape index (κ3) is 4.03. The number of para-hydroxylation sites is 1. The normalized spacial score (nSPS) is 15.6. The zero-order valence-corrected chi connectivity index (χ0v) is 20.3. The number of carbonyl (C=O) groups excluding carboxylic acids is 2. The zero-order valence-electron chi connectivity index (χ0n) is 17.9. The van der Waals surface area contributed by atoms with Gasteiger partial charge in [-0.15, -0.1) is 0 Å². The molecule has 7 nitrogen and oxygen atoms in total. The largest absolute Gasteiger partial charge is 0.298 e. The van der Waals surface area contributed by atoms with Gasteiger partial charge in [-0.2, -0.15) is 0 Å². The van der Waals surface area contributed by atoms with Gasteiger partial charge in [0.2, 0.25) is 0 Å². The summed E-state index contributed by atoms with van der Waals surface area (Å²) in [5.74, 6) is -1.41. The molecule has 1 fully saturated rings. The van der Waals surface area contributed by atoms with Gasteiger partial charge in [0.1, 0.15) is 5.57 Å². The fraction of sp³-hybridized carbons (Fsp3) is 0. The quantitative estimate of drug-likeness (QED) is 0.245. The molecule has 1 N–H and O–H groups in total. The summed E-state index contributed by atoms with van der Waals surface area (Å²) in [6, 6.07) is 22.8. The molecule has 0 radical (unpaired) electrons. The highest BCUT2D eigenvalue weighted by Gasteiger charge is 2.35. The van der Waals surface area contributed by atoms with Crippen LogP contribution in [-0.2, 0) is 19.6 Å². The summed E-state index contributed by atoms with van der Waals surface area (Å²) >= 11 is 11.2. The van der Waals surface area contributed by atoms with Crippen LogP contribution in [0.25, 0.3) is 17.0 Å². The fourth-order valence-electron chi connectivity index (χ4n) is 3.85. The van der Waals surface area contributed by atoms with E-state index in [1.807, 2.05) is 0 Å². The lowest BCUT2D eigenvalue weighted by atomic mass is 10.1. The Labute approximate surface area is 211 Å². The number of aromatic nitrogens is 1. The molecule has 4 aromatic rings. The molecule has 10 heteroatoms. The number of anilines is 1. The van der Waals surface area contributed by atoms with Gasteiger partial charge in [0.15, 0.2) is 5.11 Å². The van der Waals surface area contributed by atoms with Crippen molar-refractivity contribution in [2.45, 2.75) is 4.90 Å². The number of halogens is 1. The van der Waals surface area contributed by atoms with Crippen molar-refractivity contribution < 1.29 is 18.0 Å². The molecule has 0 aliphatic carbocycles. The van der Waals surface area contributed by atoms with Gasteiger partial charge in [0.05, 0.1) is 21.8 Å². The van der Waals surface area contributed by atoms with Gasteiger partial charge in [-0.05, 0) is 66.8 Å². The van der Waals surface area contributed by atoms with Gasteiger partial charge in [-0.25, -0.2) is 12.4 Å². The van der Waals surface area contributed by atoms with Crippen molar-refractivity contribution in [3.05, 3.63) is 101 Å². The monoisotopic (exact) mass is 521 g/mol. The van der Waals surface area contributed by atoms with E-state index in [2.05, 4.69) is 5.32 Å². The van der Waals surface area contributed by atoms with E-state index in [1.54, 1.807) is 72.8 Å². The lowest BCUT2D eigenvalue weighted by molar-refractivity contribution is -0.122. The van der Waals surface area contributed by atoms with Crippen molar-refractivity contribution >= 4 is 73.4 Å². The molecule has 1 saturated heterocycles. The molecule has 2 amide bonds. The Bertz CT molecular complexity index is 1640. The maximum atomic E-state index is 13.6. The number of nitrogens with zero attached hydrogens (tertiary/aromatic N) is 2. The van der Waals surface area contributed by atoms with Crippen molar-refractivity contribution in [3.63, 3.8) is 0 Å². The maximum absolute atomic E-state index is 13.6. The SMILES string of the molecule is O=C1NC(=S)N(c2ccc(Cl)cc2)C(=O)C1=Cc1cc2ccccc2n1S(=O)(=O)c1ccccc1. The number of carbonyl (C=O) groups is 2. The van der Waals surface area contributed by atoms with Crippen molar-refractivity contribution in [2.75, 3.05) is 4.90 Å². The maximum Gasteiger partial charge on any atom is 0.270 e. The van der Waals surface area contributed by atoms with Crippen LogP contribution in [0.3, 0.4) is 0 Å². The van der Waals surface area contributed by atoms with Gasteiger partial charge in [0.25, 0.3) is 21.8 Å². The second kappa shape index (κ2) is 8.77. The Balaban J connectivity index is 1.69. The highest BCUT2D eigenvalue weighted by Crippen LogP contribution is 2.29. The summed E-state index contributed by atoms with van der Waals surface area (Å²) < 4.78 is 28.3. The van der Waals surface area contributed by atoms with Crippen LogP contribution in [0, 0.1) is 0 Å². The second-order valence-corrected chi connectivity index (χ2v) is 10.3. The number of hydrogen-bond donors (Lipinski definition) is 1. The smallest absolute Gasteiger partial charge is 0.270 e. The van der Waals surface area contributed by atoms with Crippen LogP contribution in [0.5, 0.6) is 0 Å². The first-order chi connectivity index (χ1) is 16.8. The van der Waals surface area contributed by atoms with Crippen LogP contribution >= 0.6 is 23.8 Å². The molecule has 0 unspecified atom stereocenters. The molecule has 35 heavy (non-hydrogen) atoms. The highest BCUT2D eigenvalue weighted by molar-refractivity contribution is 7.90. The lowest BCUT2D eigenvalue weighted by Gasteiger charge is -2.29. The molecule has 0 bridgehead atoms. The standard InChI is InChI=1S/C25H16ClN3O4S2/c26-17-10-12-18(13-11-17)28-24(31)21(23(30)27-25(28)34)15-19-14-16-6-4-5-9-22(16)29(19)35(32,33)20-7-2-1-3-8-20/h1-15H,(H,27,30,34). The summed E-state index contributed by atoms with van der Waals surface area (Å²) in [7, 11) is -4.04. The molecular weight excluding hydrogens is 506 g/mol. The minimum absolute atomic E-state index is 0.0735. The molecule has 2 heterocycles. The molecule has 0 saturated carbocycles. The van der Waals surface area contributed by atoms with E-state index in [0.29, 0.717) is 21.6 Å². The average Bonchev–Trinajstić information content (AvgIpc) is 3.22. The van der Waals surface area contributed by atoms with Crippen LogP contribution in [-0.4, -0.2) is 29.3 Å². The van der Waals surface area contributed by atoms with Crippen molar-refractivity contribution in [3.8, 4) is 0 Å². The number of amides is 2. The second-order valence-electron chi connectivity index (χ2n) is 7.64. The third-order valence-electron chi connectivity index (χ3n) is 5.45. The molecule has 5 rings (SSSR count). The van der Waals surface area contributed by atoms with Crippen molar-refractivity contribution in [1.29, 1.82) is 0 Å². The van der Waals surface area contributed by atoms with E-state index in [-0.39, 0.29) is 21.3 Å². The minimum Gasteiger partial charge on any atom is -0.298 e. The van der Waals surface area contributed by atoms with E-state index in [0.717, 1.165) is 8.87 Å². The number of thiocarbonyl (C=S) groups is 1. The summed E-state index contributed by atoms with van der Waals surface area (Å²) in [5.41, 5.74) is 0.711.